The average molecular weight is 388 g/mol. The summed E-state index contributed by atoms with van der Waals surface area (Å²) in [5.41, 5.74) is 0.727. The van der Waals surface area contributed by atoms with Crippen molar-refractivity contribution >= 4 is 17.3 Å². The van der Waals surface area contributed by atoms with E-state index in [0.29, 0.717) is 18.1 Å². The highest BCUT2D eigenvalue weighted by Crippen LogP contribution is 2.28. The summed E-state index contributed by atoms with van der Waals surface area (Å²) in [5.74, 6) is -0.166. The van der Waals surface area contributed by atoms with Crippen LogP contribution in [0.2, 0.25) is 0 Å². The lowest BCUT2D eigenvalue weighted by molar-refractivity contribution is -0.384. The smallest absolute Gasteiger partial charge is 0.340 e. The third-order valence-electron chi connectivity index (χ3n) is 4.77. The minimum Gasteiger partial charge on any atom is -0.454 e. The quantitative estimate of drug-likeness (QED) is 0.385. The van der Waals surface area contributed by atoms with Gasteiger partial charge in [0, 0.05) is 31.8 Å². The largest absolute Gasteiger partial charge is 0.454 e. The second-order valence-corrected chi connectivity index (χ2v) is 6.75. The first-order valence-electron chi connectivity index (χ1n) is 9.55. The van der Waals surface area contributed by atoms with E-state index in [1.807, 2.05) is 0 Å². The number of hydrogen-bond donors (Lipinski definition) is 0. The van der Waals surface area contributed by atoms with E-state index in [0.717, 1.165) is 45.2 Å². The summed E-state index contributed by atoms with van der Waals surface area (Å²) in [6, 6.07) is 4.34. The SMILES string of the molecule is CCCCn1nnnc1COC(=O)c1cc([N+](=O)[O-])ccc1N1CCCCC1. The third kappa shape index (κ3) is 4.62. The van der Waals surface area contributed by atoms with Crippen molar-refractivity contribution in [1.29, 1.82) is 0 Å². The molecule has 28 heavy (non-hydrogen) atoms. The number of piperidine rings is 1. The number of carbonyl (C=O) groups excluding carboxylic acids is 1. The van der Waals surface area contributed by atoms with Crippen molar-refractivity contribution in [3.63, 3.8) is 0 Å². The number of tetrazole rings is 1. The fraction of sp³-hybridized carbons (Fsp3) is 0.556. The van der Waals surface area contributed by atoms with Crippen LogP contribution in [0, 0.1) is 10.1 Å². The van der Waals surface area contributed by atoms with E-state index >= 15 is 0 Å². The zero-order valence-electron chi connectivity index (χ0n) is 15.9. The van der Waals surface area contributed by atoms with E-state index in [4.69, 9.17) is 4.74 Å². The van der Waals surface area contributed by atoms with Crippen LogP contribution in [0.25, 0.3) is 0 Å². The fourth-order valence-corrected chi connectivity index (χ4v) is 3.23. The molecule has 1 fully saturated rings. The second-order valence-electron chi connectivity index (χ2n) is 6.75. The summed E-state index contributed by atoms with van der Waals surface area (Å²) in [4.78, 5) is 25.5. The Hall–Kier alpha value is -3.04. The molecular formula is C18H24N6O4. The van der Waals surface area contributed by atoms with Gasteiger partial charge in [-0.3, -0.25) is 10.1 Å². The molecule has 0 unspecified atom stereocenters. The van der Waals surface area contributed by atoms with E-state index in [-0.39, 0.29) is 17.9 Å². The van der Waals surface area contributed by atoms with E-state index in [1.165, 1.54) is 12.1 Å². The maximum atomic E-state index is 12.8. The monoisotopic (exact) mass is 388 g/mol. The van der Waals surface area contributed by atoms with E-state index in [2.05, 4.69) is 27.3 Å². The Morgan fingerprint density at radius 3 is 2.79 bits per heavy atom. The van der Waals surface area contributed by atoms with Gasteiger partial charge in [0.1, 0.15) is 0 Å². The fourth-order valence-electron chi connectivity index (χ4n) is 3.23. The molecule has 1 saturated heterocycles. The first-order chi connectivity index (χ1) is 13.6. The topological polar surface area (TPSA) is 116 Å². The molecule has 0 bridgehead atoms. The van der Waals surface area contributed by atoms with Crippen LogP contribution in [0.1, 0.15) is 55.2 Å². The molecule has 10 nitrogen and oxygen atoms in total. The standard InChI is InChI=1S/C18H24N6O4/c1-2-3-11-23-17(19-20-21-23)13-28-18(25)15-12-14(24(26)27)7-8-16(15)22-9-5-4-6-10-22/h7-8,12H,2-6,9-11,13H2,1H3. The molecular weight excluding hydrogens is 364 g/mol. The number of nitro benzene ring substituents is 1. The molecule has 2 heterocycles. The van der Waals surface area contributed by atoms with E-state index in [9.17, 15) is 14.9 Å². The van der Waals surface area contributed by atoms with E-state index in [1.54, 1.807) is 10.7 Å². The van der Waals surface area contributed by atoms with Gasteiger partial charge in [0.05, 0.1) is 16.2 Å². The molecule has 150 valence electrons. The maximum absolute atomic E-state index is 12.8. The summed E-state index contributed by atoms with van der Waals surface area (Å²) in [6.45, 7) is 4.25. The van der Waals surface area contributed by atoms with Gasteiger partial charge in [-0.15, -0.1) is 5.10 Å². The zero-order valence-corrected chi connectivity index (χ0v) is 15.9. The Morgan fingerprint density at radius 2 is 2.07 bits per heavy atom. The van der Waals surface area contributed by atoms with Crippen LogP contribution in [0.5, 0.6) is 0 Å². The molecule has 0 atom stereocenters. The molecule has 0 radical (unpaired) electrons. The van der Waals surface area contributed by atoms with Gasteiger partial charge in [-0.25, -0.2) is 9.48 Å². The van der Waals surface area contributed by atoms with Gasteiger partial charge >= 0.3 is 5.97 Å². The van der Waals surface area contributed by atoms with E-state index < -0.39 is 10.9 Å². The number of carbonyl (C=O) groups is 1. The molecule has 0 N–H and O–H groups in total. The highest BCUT2D eigenvalue weighted by atomic mass is 16.6. The summed E-state index contributed by atoms with van der Waals surface area (Å²) in [6.07, 6.45) is 5.10. The highest BCUT2D eigenvalue weighted by molar-refractivity contribution is 5.96. The molecule has 0 saturated carbocycles. The molecule has 1 aliphatic heterocycles. The average Bonchev–Trinajstić information content (AvgIpc) is 3.18. The van der Waals surface area contributed by atoms with Crippen molar-refractivity contribution in [2.45, 2.75) is 52.2 Å². The van der Waals surface area contributed by atoms with Gasteiger partial charge in [0.25, 0.3) is 5.69 Å². The van der Waals surface area contributed by atoms with Crippen LogP contribution in [-0.4, -0.2) is 44.2 Å². The lowest BCUT2D eigenvalue weighted by atomic mass is 10.1. The van der Waals surface area contributed by atoms with Crippen molar-refractivity contribution in [2.24, 2.45) is 0 Å². The van der Waals surface area contributed by atoms with Crippen molar-refractivity contribution < 1.29 is 14.5 Å². The normalized spacial score (nSPS) is 14.1. The predicted molar refractivity (Wildman–Crippen MR) is 101 cm³/mol. The van der Waals surface area contributed by atoms with Gasteiger partial charge in [0.15, 0.2) is 12.4 Å². The summed E-state index contributed by atoms with van der Waals surface area (Å²) in [7, 11) is 0. The number of esters is 1. The number of anilines is 1. The number of rotatable bonds is 8. The summed E-state index contributed by atoms with van der Waals surface area (Å²) in [5, 5.41) is 22.6. The number of aryl methyl sites for hydroxylation is 1. The van der Waals surface area contributed by atoms with Gasteiger partial charge in [-0.1, -0.05) is 13.3 Å². The Morgan fingerprint density at radius 1 is 1.29 bits per heavy atom. The summed E-state index contributed by atoms with van der Waals surface area (Å²) < 4.78 is 7.01. The molecule has 1 aromatic heterocycles. The molecule has 10 heteroatoms. The van der Waals surface area contributed by atoms with Gasteiger partial charge in [0.2, 0.25) is 0 Å². The molecule has 1 aliphatic rings. The lowest BCUT2D eigenvalue weighted by Crippen LogP contribution is -2.31. The Balaban J connectivity index is 1.78. The molecule has 2 aromatic rings. The van der Waals surface area contributed by atoms with Gasteiger partial charge in [-0.2, -0.15) is 0 Å². The number of aromatic nitrogens is 4. The molecule has 1 aromatic carbocycles. The minimum absolute atomic E-state index is 0.0856. The van der Waals surface area contributed by atoms with Crippen molar-refractivity contribution in [2.75, 3.05) is 18.0 Å². The number of unbranched alkanes of at least 4 members (excludes halogenated alkanes) is 1. The Kier molecular flexibility index (Phi) is 6.51. The zero-order chi connectivity index (χ0) is 19.9. The Bertz CT molecular complexity index is 831. The number of benzene rings is 1. The minimum atomic E-state index is -0.616. The predicted octanol–water partition coefficient (Wildman–Crippen LogP) is 2.73. The third-order valence-corrected chi connectivity index (χ3v) is 4.77. The second kappa shape index (κ2) is 9.25. The molecule has 0 aliphatic carbocycles. The molecule has 0 spiro atoms. The number of hydrogen-bond acceptors (Lipinski definition) is 8. The highest BCUT2D eigenvalue weighted by Gasteiger charge is 2.23. The van der Waals surface area contributed by atoms with Crippen LogP contribution in [0.3, 0.4) is 0 Å². The number of nitrogens with zero attached hydrogens (tertiary/aromatic N) is 6. The maximum Gasteiger partial charge on any atom is 0.340 e. The van der Waals surface area contributed by atoms with Gasteiger partial charge < -0.3 is 9.64 Å². The number of ether oxygens (including phenoxy) is 1. The molecule has 0 amide bonds. The van der Waals surface area contributed by atoms with Crippen molar-refractivity contribution in [3.05, 3.63) is 39.7 Å². The van der Waals surface area contributed by atoms with Gasteiger partial charge in [-0.05, 0) is 42.2 Å². The Labute approximate surface area is 162 Å². The van der Waals surface area contributed by atoms with Crippen LogP contribution in [0.15, 0.2) is 18.2 Å². The van der Waals surface area contributed by atoms with Crippen molar-refractivity contribution in [1.82, 2.24) is 20.2 Å². The van der Waals surface area contributed by atoms with Crippen LogP contribution in [-0.2, 0) is 17.9 Å². The first-order valence-corrected chi connectivity index (χ1v) is 9.55. The summed E-state index contributed by atoms with van der Waals surface area (Å²) >= 11 is 0. The van der Waals surface area contributed by atoms with Crippen LogP contribution >= 0.6 is 0 Å². The lowest BCUT2D eigenvalue weighted by Gasteiger charge is -2.30. The van der Waals surface area contributed by atoms with Crippen LogP contribution < -0.4 is 4.90 Å². The molecule has 3 rings (SSSR count). The van der Waals surface area contributed by atoms with Crippen molar-refractivity contribution in [3.8, 4) is 0 Å². The number of non-ortho nitro benzene ring substituents is 1. The number of nitro groups is 1. The first kappa shape index (κ1) is 19.7. The van der Waals surface area contributed by atoms with Crippen LogP contribution in [0.4, 0.5) is 11.4 Å².